The molecule has 102 valence electrons. The Balaban J connectivity index is 2.05. The Bertz CT molecular complexity index is 649. The van der Waals surface area contributed by atoms with Crippen LogP contribution in [-0.2, 0) is 16.4 Å². The number of aryl methyl sites for hydroxylation is 1. The molecule has 1 aromatic heterocycles. The molecule has 2 aromatic rings. The van der Waals surface area contributed by atoms with E-state index in [2.05, 4.69) is 4.72 Å². The Morgan fingerprint density at radius 2 is 2.11 bits per heavy atom. The number of nitrogen functional groups attached to an aromatic ring is 1. The fraction of sp³-hybridized carbons (Fsp3) is 0.231. The van der Waals surface area contributed by atoms with Gasteiger partial charge in [0.05, 0.1) is 12.0 Å². The van der Waals surface area contributed by atoms with Gasteiger partial charge >= 0.3 is 0 Å². The molecule has 19 heavy (non-hydrogen) atoms. The molecular weight excluding hydrogens is 264 g/mol. The van der Waals surface area contributed by atoms with Crippen LogP contribution in [0.5, 0.6) is 0 Å². The lowest BCUT2D eigenvalue weighted by Gasteiger charge is -2.09. The standard InChI is InChI=1S/C13H16N2O3S/c1-10-4-5-13(12(14)9-10)19(16,17)15-7-6-11-3-2-8-18-11/h2-5,8-9,15H,6-7,14H2,1H3. The number of hydrogen-bond acceptors (Lipinski definition) is 4. The third-order valence-electron chi connectivity index (χ3n) is 2.70. The van der Waals surface area contributed by atoms with E-state index in [9.17, 15) is 8.42 Å². The van der Waals surface area contributed by atoms with Crippen LogP contribution in [0.2, 0.25) is 0 Å². The summed E-state index contributed by atoms with van der Waals surface area (Å²) in [4.78, 5) is 0.109. The summed E-state index contributed by atoms with van der Waals surface area (Å²) >= 11 is 0. The molecule has 2 rings (SSSR count). The van der Waals surface area contributed by atoms with Crippen molar-refractivity contribution < 1.29 is 12.8 Å². The predicted molar refractivity (Wildman–Crippen MR) is 73.2 cm³/mol. The summed E-state index contributed by atoms with van der Waals surface area (Å²) in [6.07, 6.45) is 2.06. The first-order valence-electron chi connectivity index (χ1n) is 5.87. The molecule has 5 nitrogen and oxygen atoms in total. The van der Waals surface area contributed by atoms with Gasteiger partial charge in [-0.3, -0.25) is 0 Å². The molecule has 6 heteroatoms. The molecule has 3 N–H and O–H groups in total. The molecule has 0 aliphatic rings. The van der Waals surface area contributed by atoms with Gasteiger partial charge in [-0.15, -0.1) is 0 Å². The molecule has 0 aliphatic carbocycles. The Hall–Kier alpha value is -1.79. The van der Waals surface area contributed by atoms with Gasteiger partial charge in [-0.2, -0.15) is 0 Å². The molecule has 0 unspecified atom stereocenters. The minimum absolute atomic E-state index is 0.109. The van der Waals surface area contributed by atoms with Gasteiger partial charge in [0.2, 0.25) is 10.0 Å². The zero-order valence-electron chi connectivity index (χ0n) is 10.6. The highest BCUT2D eigenvalue weighted by Crippen LogP contribution is 2.19. The van der Waals surface area contributed by atoms with Crippen molar-refractivity contribution >= 4 is 15.7 Å². The van der Waals surface area contributed by atoms with Gasteiger partial charge in [0.15, 0.2) is 0 Å². The highest BCUT2D eigenvalue weighted by molar-refractivity contribution is 7.89. The monoisotopic (exact) mass is 280 g/mol. The second kappa shape index (κ2) is 5.46. The second-order valence-corrected chi connectivity index (χ2v) is 6.00. The van der Waals surface area contributed by atoms with Gasteiger partial charge in [-0.05, 0) is 36.8 Å². The summed E-state index contributed by atoms with van der Waals surface area (Å²) in [7, 11) is -3.58. The van der Waals surface area contributed by atoms with Crippen molar-refractivity contribution in [3.63, 3.8) is 0 Å². The SMILES string of the molecule is Cc1ccc(S(=O)(=O)NCCc2ccco2)c(N)c1. The Morgan fingerprint density at radius 3 is 2.74 bits per heavy atom. The number of nitrogens with two attached hydrogens (primary N) is 1. The van der Waals surface area contributed by atoms with E-state index in [1.165, 1.54) is 6.07 Å². The normalized spacial score (nSPS) is 11.6. The van der Waals surface area contributed by atoms with Gasteiger partial charge in [0.25, 0.3) is 0 Å². The number of nitrogens with one attached hydrogen (secondary N) is 1. The lowest BCUT2D eigenvalue weighted by molar-refractivity contribution is 0.506. The van der Waals surface area contributed by atoms with Gasteiger partial charge in [-0.1, -0.05) is 6.07 Å². The summed E-state index contributed by atoms with van der Waals surface area (Å²) in [5.74, 6) is 0.736. The van der Waals surface area contributed by atoms with Gasteiger partial charge < -0.3 is 10.2 Å². The smallest absolute Gasteiger partial charge is 0.242 e. The first kappa shape index (κ1) is 13.6. The molecule has 0 bridgehead atoms. The molecule has 0 aliphatic heterocycles. The van der Waals surface area contributed by atoms with Crippen LogP contribution in [-0.4, -0.2) is 15.0 Å². The van der Waals surface area contributed by atoms with Crippen LogP contribution >= 0.6 is 0 Å². The maximum absolute atomic E-state index is 12.1. The van der Waals surface area contributed by atoms with Crippen LogP contribution in [0.3, 0.4) is 0 Å². The van der Waals surface area contributed by atoms with Crippen molar-refractivity contribution in [2.45, 2.75) is 18.2 Å². The van der Waals surface area contributed by atoms with Crippen LogP contribution < -0.4 is 10.5 Å². The van der Waals surface area contributed by atoms with Crippen molar-refractivity contribution in [2.75, 3.05) is 12.3 Å². The molecule has 1 heterocycles. The van der Waals surface area contributed by atoms with E-state index >= 15 is 0 Å². The van der Waals surface area contributed by atoms with E-state index in [4.69, 9.17) is 10.2 Å². The lowest BCUT2D eigenvalue weighted by atomic mass is 10.2. The minimum atomic E-state index is -3.58. The summed E-state index contributed by atoms with van der Waals surface area (Å²) in [5.41, 5.74) is 6.91. The highest BCUT2D eigenvalue weighted by atomic mass is 32.2. The number of rotatable bonds is 5. The quantitative estimate of drug-likeness (QED) is 0.816. The van der Waals surface area contributed by atoms with Crippen LogP contribution in [0.1, 0.15) is 11.3 Å². The summed E-state index contributed by atoms with van der Waals surface area (Å²) in [5, 5.41) is 0. The number of benzene rings is 1. The molecule has 0 fully saturated rings. The van der Waals surface area contributed by atoms with Crippen LogP contribution in [0.25, 0.3) is 0 Å². The molecule has 0 saturated heterocycles. The second-order valence-electron chi connectivity index (χ2n) is 4.27. The number of anilines is 1. The topological polar surface area (TPSA) is 85.3 Å². The molecule has 1 aromatic carbocycles. The van der Waals surface area contributed by atoms with E-state index in [1.807, 2.05) is 6.92 Å². The largest absolute Gasteiger partial charge is 0.469 e. The van der Waals surface area contributed by atoms with Gasteiger partial charge in [-0.25, -0.2) is 13.1 Å². The average Bonchev–Trinajstić information content (AvgIpc) is 2.81. The van der Waals surface area contributed by atoms with E-state index in [-0.39, 0.29) is 17.1 Å². The van der Waals surface area contributed by atoms with Crippen molar-refractivity contribution in [1.29, 1.82) is 0 Å². The minimum Gasteiger partial charge on any atom is -0.469 e. The van der Waals surface area contributed by atoms with E-state index < -0.39 is 10.0 Å². The van der Waals surface area contributed by atoms with E-state index in [0.29, 0.717) is 6.42 Å². The van der Waals surface area contributed by atoms with Gasteiger partial charge in [0, 0.05) is 13.0 Å². The van der Waals surface area contributed by atoms with Crippen molar-refractivity contribution in [2.24, 2.45) is 0 Å². The van der Waals surface area contributed by atoms with Crippen molar-refractivity contribution in [3.05, 3.63) is 47.9 Å². The Kier molecular flexibility index (Phi) is 3.92. The highest BCUT2D eigenvalue weighted by Gasteiger charge is 2.16. The molecule has 0 amide bonds. The van der Waals surface area contributed by atoms with Crippen LogP contribution in [0, 0.1) is 6.92 Å². The zero-order chi connectivity index (χ0) is 13.9. The van der Waals surface area contributed by atoms with Crippen molar-refractivity contribution in [3.8, 4) is 0 Å². The summed E-state index contributed by atoms with van der Waals surface area (Å²) in [6.45, 7) is 2.13. The Labute approximate surface area is 112 Å². The first-order valence-corrected chi connectivity index (χ1v) is 7.35. The summed E-state index contributed by atoms with van der Waals surface area (Å²) < 4.78 is 31.8. The molecular formula is C13H16N2O3S. The Morgan fingerprint density at radius 1 is 1.32 bits per heavy atom. The maximum Gasteiger partial charge on any atom is 0.242 e. The fourth-order valence-electron chi connectivity index (χ4n) is 1.75. The van der Waals surface area contributed by atoms with Crippen molar-refractivity contribution in [1.82, 2.24) is 4.72 Å². The number of sulfonamides is 1. The van der Waals surface area contributed by atoms with E-state index in [0.717, 1.165) is 11.3 Å². The third-order valence-corrected chi connectivity index (χ3v) is 4.23. The molecule has 0 spiro atoms. The third kappa shape index (κ3) is 3.36. The molecule has 0 radical (unpaired) electrons. The molecule has 0 atom stereocenters. The maximum atomic E-state index is 12.1. The zero-order valence-corrected chi connectivity index (χ0v) is 11.4. The fourth-order valence-corrected chi connectivity index (χ4v) is 2.90. The number of furan rings is 1. The van der Waals surface area contributed by atoms with Crippen LogP contribution in [0.15, 0.2) is 45.9 Å². The predicted octanol–water partition coefficient (Wildman–Crippen LogP) is 1.69. The lowest BCUT2D eigenvalue weighted by Crippen LogP contribution is -2.26. The average molecular weight is 280 g/mol. The number of hydrogen-bond donors (Lipinski definition) is 2. The first-order chi connectivity index (χ1) is 8.99. The van der Waals surface area contributed by atoms with Gasteiger partial charge in [0.1, 0.15) is 10.7 Å². The van der Waals surface area contributed by atoms with E-state index in [1.54, 1.807) is 30.5 Å². The summed E-state index contributed by atoms with van der Waals surface area (Å²) in [6, 6.07) is 8.44. The van der Waals surface area contributed by atoms with Crippen LogP contribution in [0.4, 0.5) is 5.69 Å². The molecule has 0 saturated carbocycles.